The summed E-state index contributed by atoms with van der Waals surface area (Å²) in [6.07, 6.45) is 1.06. The largest absolute Gasteiger partial charge is 0.381 e. The van der Waals surface area contributed by atoms with Crippen LogP contribution in [-0.2, 0) is 6.54 Å². The molecule has 0 aromatic carbocycles. The molecule has 1 N–H and O–H groups in total. The number of halogens is 2. The summed E-state index contributed by atoms with van der Waals surface area (Å²) in [7, 11) is 4.04. The molecule has 1 unspecified atom stereocenters. The van der Waals surface area contributed by atoms with Crippen LogP contribution >= 0.6 is 43.2 Å². The minimum atomic E-state index is -0.673. The Morgan fingerprint density at radius 2 is 2.16 bits per heavy atom. The van der Waals surface area contributed by atoms with Crippen LogP contribution in [0.4, 0.5) is 0 Å². The van der Waals surface area contributed by atoms with Gasteiger partial charge in [-0.1, -0.05) is 0 Å². The second kappa shape index (κ2) is 6.49. The zero-order valence-corrected chi connectivity index (χ0v) is 14.7. The van der Waals surface area contributed by atoms with Gasteiger partial charge in [-0.15, -0.1) is 11.3 Å². The number of likely N-dealkylation sites (N-methyl/N-ethyl adjacent to an activating group) is 1. The summed E-state index contributed by atoms with van der Waals surface area (Å²) in [4.78, 5) is 2.99. The van der Waals surface area contributed by atoms with Gasteiger partial charge in [0.05, 0.1) is 27.8 Å². The first kappa shape index (κ1) is 15.2. The van der Waals surface area contributed by atoms with E-state index in [1.165, 1.54) is 11.3 Å². The highest BCUT2D eigenvalue weighted by atomic mass is 79.9. The Labute approximate surface area is 133 Å². The molecular weight excluding hydrogens is 394 g/mol. The van der Waals surface area contributed by atoms with Crippen molar-refractivity contribution in [3.8, 4) is 0 Å². The number of hydrogen-bond donors (Lipinski definition) is 1. The molecule has 2 aromatic rings. The quantitative estimate of drug-likeness (QED) is 0.826. The maximum absolute atomic E-state index is 10.6. The molecule has 2 rings (SSSR count). The number of thiophene rings is 1. The molecule has 0 aliphatic rings. The molecule has 104 valence electrons. The van der Waals surface area contributed by atoms with Gasteiger partial charge >= 0.3 is 0 Å². The Balaban J connectivity index is 2.28. The third-order valence-corrected chi connectivity index (χ3v) is 5.28. The monoisotopic (exact) mass is 407 g/mol. The molecule has 0 bridgehead atoms. The van der Waals surface area contributed by atoms with Crippen molar-refractivity contribution in [3.05, 3.63) is 37.2 Å². The molecule has 2 aromatic heterocycles. The molecule has 0 spiro atoms. The number of hydrogen-bond acceptors (Lipinski definition) is 4. The van der Waals surface area contributed by atoms with E-state index in [2.05, 4.69) is 41.9 Å². The van der Waals surface area contributed by atoms with Gasteiger partial charge in [0.1, 0.15) is 6.10 Å². The average molecular weight is 409 g/mol. The van der Waals surface area contributed by atoms with Crippen LogP contribution in [0.1, 0.15) is 16.7 Å². The Morgan fingerprint density at radius 3 is 2.74 bits per heavy atom. The predicted molar refractivity (Wildman–Crippen MR) is 84.6 cm³/mol. The van der Waals surface area contributed by atoms with Crippen molar-refractivity contribution in [1.82, 2.24) is 14.7 Å². The smallest absolute Gasteiger partial charge is 0.132 e. The molecule has 0 amide bonds. The van der Waals surface area contributed by atoms with Gasteiger partial charge in [0, 0.05) is 11.0 Å². The van der Waals surface area contributed by atoms with E-state index in [1.54, 1.807) is 6.20 Å². The van der Waals surface area contributed by atoms with Crippen molar-refractivity contribution in [3.63, 3.8) is 0 Å². The van der Waals surface area contributed by atoms with E-state index in [4.69, 9.17) is 0 Å². The van der Waals surface area contributed by atoms with E-state index < -0.39 is 6.10 Å². The lowest BCUT2D eigenvalue weighted by Crippen LogP contribution is -2.21. The van der Waals surface area contributed by atoms with Gasteiger partial charge in [-0.25, -0.2) is 0 Å². The number of aliphatic hydroxyl groups is 1. The highest BCUT2D eigenvalue weighted by Crippen LogP contribution is 2.35. The fraction of sp³-hybridized carbons (Fsp3) is 0.417. The average Bonchev–Trinajstić information content (AvgIpc) is 2.92. The normalized spacial score (nSPS) is 13.2. The minimum Gasteiger partial charge on any atom is -0.381 e. The molecular formula is C12H15Br2N3OS. The van der Waals surface area contributed by atoms with Crippen molar-refractivity contribution in [2.24, 2.45) is 0 Å². The lowest BCUT2D eigenvalue weighted by Gasteiger charge is -2.15. The summed E-state index contributed by atoms with van der Waals surface area (Å²) >= 11 is 8.46. The topological polar surface area (TPSA) is 41.3 Å². The second-order valence-corrected chi connectivity index (χ2v) is 7.10. The summed E-state index contributed by atoms with van der Waals surface area (Å²) in [5.41, 5.74) is 0.796. The van der Waals surface area contributed by atoms with Crippen LogP contribution in [0.3, 0.4) is 0 Å². The van der Waals surface area contributed by atoms with Crippen LogP contribution in [0.5, 0.6) is 0 Å². The number of aliphatic hydroxyl groups excluding tert-OH is 1. The Morgan fingerprint density at radius 1 is 1.42 bits per heavy atom. The maximum atomic E-state index is 10.6. The van der Waals surface area contributed by atoms with Crippen LogP contribution < -0.4 is 0 Å². The van der Waals surface area contributed by atoms with Crippen molar-refractivity contribution in [2.45, 2.75) is 12.6 Å². The molecule has 0 aliphatic heterocycles. The summed E-state index contributed by atoms with van der Waals surface area (Å²) in [6, 6.07) is 1.94. The van der Waals surface area contributed by atoms with Gasteiger partial charge in [0.25, 0.3) is 0 Å². The van der Waals surface area contributed by atoms with Crippen LogP contribution in [0, 0.1) is 0 Å². The minimum absolute atomic E-state index is 0.673. The SMILES string of the molecule is CN(C)CCn1ncc(Br)c1C(O)c1sccc1Br. The van der Waals surface area contributed by atoms with Crippen LogP contribution in [0.2, 0.25) is 0 Å². The van der Waals surface area contributed by atoms with E-state index in [-0.39, 0.29) is 0 Å². The standard InChI is InChI=1S/C12H15Br2N3OS/c1-16(2)4-5-17-10(9(14)7-15-17)11(18)12-8(13)3-6-19-12/h3,6-7,11,18H,4-5H2,1-2H3. The summed E-state index contributed by atoms with van der Waals surface area (Å²) in [5.74, 6) is 0. The van der Waals surface area contributed by atoms with E-state index in [0.29, 0.717) is 0 Å². The number of nitrogens with zero attached hydrogens (tertiary/aromatic N) is 3. The molecule has 0 saturated carbocycles. The first-order valence-corrected chi connectivity index (χ1v) is 8.24. The molecule has 0 saturated heterocycles. The van der Waals surface area contributed by atoms with Crippen LogP contribution in [0.25, 0.3) is 0 Å². The molecule has 0 radical (unpaired) electrons. The van der Waals surface area contributed by atoms with E-state index in [9.17, 15) is 5.11 Å². The van der Waals surface area contributed by atoms with Gasteiger partial charge in [0.15, 0.2) is 0 Å². The Hall–Kier alpha value is -0.210. The molecule has 0 fully saturated rings. The summed E-state index contributed by atoms with van der Waals surface area (Å²) in [6.45, 7) is 1.62. The molecule has 4 nitrogen and oxygen atoms in total. The molecule has 1 atom stereocenters. The molecule has 2 heterocycles. The van der Waals surface area contributed by atoms with Gasteiger partial charge in [-0.3, -0.25) is 4.68 Å². The summed E-state index contributed by atoms with van der Waals surface area (Å²) < 4.78 is 3.61. The highest BCUT2D eigenvalue weighted by Gasteiger charge is 2.22. The van der Waals surface area contributed by atoms with Crippen molar-refractivity contribution >= 4 is 43.2 Å². The lowest BCUT2D eigenvalue weighted by atomic mass is 10.2. The third kappa shape index (κ3) is 3.46. The third-order valence-electron chi connectivity index (χ3n) is 2.74. The highest BCUT2D eigenvalue weighted by molar-refractivity contribution is 9.10. The number of rotatable bonds is 5. The summed E-state index contributed by atoms with van der Waals surface area (Å²) in [5, 5.41) is 16.8. The molecule has 0 aliphatic carbocycles. The fourth-order valence-electron chi connectivity index (χ4n) is 1.74. The zero-order valence-electron chi connectivity index (χ0n) is 10.7. The van der Waals surface area contributed by atoms with E-state index in [0.717, 1.165) is 32.6 Å². The Bertz CT molecular complexity index is 553. The van der Waals surface area contributed by atoms with Gasteiger partial charge in [0.2, 0.25) is 0 Å². The van der Waals surface area contributed by atoms with Crippen molar-refractivity contribution < 1.29 is 5.11 Å². The second-order valence-electron chi connectivity index (χ2n) is 4.44. The van der Waals surface area contributed by atoms with Crippen LogP contribution in [0.15, 0.2) is 26.6 Å². The number of aromatic nitrogens is 2. The van der Waals surface area contributed by atoms with Crippen LogP contribution in [-0.4, -0.2) is 40.4 Å². The Kier molecular flexibility index (Phi) is 5.19. The van der Waals surface area contributed by atoms with Gasteiger partial charge in [-0.2, -0.15) is 5.10 Å². The van der Waals surface area contributed by atoms with E-state index in [1.807, 2.05) is 30.2 Å². The van der Waals surface area contributed by atoms with Gasteiger partial charge in [-0.05, 0) is 57.4 Å². The molecule has 7 heteroatoms. The maximum Gasteiger partial charge on any atom is 0.132 e. The predicted octanol–water partition coefficient (Wildman–Crippen LogP) is 3.11. The zero-order chi connectivity index (χ0) is 14.0. The van der Waals surface area contributed by atoms with Crippen molar-refractivity contribution in [2.75, 3.05) is 20.6 Å². The first-order valence-electron chi connectivity index (χ1n) is 5.77. The molecule has 19 heavy (non-hydrogen) atoms. The lowest BCUT2D eigenvalue weighted by molar-refractivity contribution is 0.208. The fourth-order valence-corrected chi connectivity index (χ4v) is 3.83. The van der Waals surface area contributed by atoms with E-state index >= 15 is 0 Å². The van der Waals surface area contributed by atoms with Crippen molar-refractivity contribution in [1.29, 1.82) is 0 Å². The first-order chi connectivity index (χ1) is 9.00. The van der Waals surface area contributed by atoms with Gasteiger partial charge < -0.3 is 10.0 Å².